The number of carbonyl (C=O) groups excluding carboxylic acids is 2. The number of hydrogen-bond acceptors (Lipinski definition) is 3. The third-order valence-corrected chi connectivity index (χ3v) is 3.72. The third kappa shape index (κ3) is 4.21. The lowest BCUT2D eigenvalue weighted by Gasteiger charge is -2.34. The van der Waals surface area contributed by atoms with Gasteiger partial charge in [0.05, 0.1) is 0 Å². The molecule has 2 rings (SSSR count). The highest BCUT2D eigenvalue weighted by Gasteiger charge is 2.39. The lowest BCUT2D eigenvalue weighted by Crippen LogP contribution is -2.54. The molecule has 1 fully saturated rings. The van der Waals surface area contributed by atoms with Gasteiger partial charge in [-0.3, -0.25) is 9.69 Å². The van der Waals surface area contributed by atoms with Crippen molar-refractivity contribution in [3.05, 3.63) is 29.3 Å². The Bertz CT molecular complexity index is 582. The molecule has 2 N–H and O–H groups in total. The number of amides is 3. The van der Waals surface area contributed by atoms with Gasteiger partial charge in [0.2, 0.25) is 5.91 Å². The molecule has 120 valence electrons. The van der Waals surface area contributed by atoms with Crippen LogP contribution in [0.2, 0.25) is 5.02 Å². The second-order valence-corrected chi connectivity index (χ2v) is 7.42. The van der Waals surface area contributed by atoms with Crippen molar-refractivity contribution in [3.8, 4) is 0 Å². The molecule has 0 aliphatic carbocycles. The summed E-state index contributed by atoms with van der Waals surface area (Å²) in [6.45, 7) is 8.21. The summed E-state index contributed by atoms with van der Waals surface area (Å²) in [5.41, 5.74) is -0.0976. The number of benzene rings is 1. The maximum atomic E-state index is 12.4. The van der Waals surface area contributed by atoms with Crippen molar-refractivity contribution in [2.24, 2.45) is 0 Å². The average molecular weight is 324 g/mol. The maximum absolute atomic E-state index is 12.4. The lowest BCUT2D eigenvalue weighted by molar-refractivity contribution is -0.128. The number of imide groups is 1. The Morgan fingerprint density at radius 2 is 1.77 bits per heavy atom. The molecule has 0 spiro atoms. The molecule has 6 heteroatoms. The molecule has 0 aromatic heterocycles. The molecule has 1 aliphatic heterocycles. The van der Waals surface area contributed by atoms with E-state index < -0.39 is 6.03 Å². The molecule has 1 saturated heterocycles. The molecule has 0 unspecified atom stereocenters. The standard InChI is InChI=1S/C16H22ClN3O2/c1-15(2)9-13(21)20(10-16(3,4)19-15)14(22)18-12-7-5-11(17)6-8-12/h5-8,19H,9-10H2,1-4H3,(H,18,22). The number of anilines is 1. The first-order chi connectivity index (χ1) is 10.1. The topological polar surface area (TPSA) is 61.4 Å². The van der Waals surface area contributed by atoms with Crippen LogP contribution in [-0.2, 0) is 4.79 Å². The molecule has 3 amide bonds. The molecule has 22 heavy (non-hydrogen) atoms. The van der Waals surface area contributed by atoms with Crippen molar-refractivity contribution >= 4 is 29.2 Å². The summed E-state index contributed by atoms with van der Waals surface area (Å²) >= 11 is 5.82. The monoisotopic (exact) mass is 323 g/mol. The Kier molecular flexibility index (Phi) is 4.49. The van der Waals surface area contributed by atoms with Crippen LogP contribution in [0.25, 0.3) is 0 Å². The highest BCUT2D eigenvalue weighted by molar-refractivity contribution is 6.30. The first kappa shape index (κ1) is 16.8. The van der Waals surface area contributed by atoms with Crippen LogP contribution in [0.5, 0.6) is 0 Å². The molecule has 5 nitrogen and oxygen atoms in total. The van der Waals surface area contributed by atoms with Gasteiger partial charge in [0.15, 0.2) is 0 Å². The molecular weight excluding hydrogens is 302 g/mol. The Balaban J connectivity index is 2.17. The number of carbonyl (C=O) groups is 2. The molecule has 0 radical (unpaired) electrons. The minimum absolute atomic E-state index is 0.186. The smallest absolute Gasteiger partial charge is 0.307 e. The zero-order chi connectivity index (χ0) is 16.5. The van der Waals surface area contributed by atoms with Crippen LogP contribution in [0, 0.1) is 0 Å². The summed E-state index contributed by atoms with van der Waals surface area (Å²) in [6.07, 6.45) is 0.268. The van der Waals surface area contributed by atoms with E-state index in [1.165, 1.54) is 4.90 Å². The van der Waals surface area contributed by atoms with Gasteiger partial charge in [-0.15, -0.1) is 0 Å². The molecule has 0 bridgehead atoms. The van der Waals surface area contributed by atoms with E-state index in [1.807, 2.05) is 27.7 Å². The van der Waals surface area contributed by atoms with Crippen molar-refractivity contribution < 1.29 is 9.59 Å². The summed E-state index contributed by atoms with van der Waals surface area (Å²) in [6, 6.07) is 6.37. The maximum Gasteiger partial charge on any atom is 0.328 e. The van der Waals surface area contributed by atoms with Crippen molar-refractivity contribution in [2.75, 3.05) is 11.9 Å². The van der Waals surface area contributed by atoms with Crippen LogP contribution in [-0.4, -0.2) is 34.5 Å². The first-order valence-electron chi connectivity index (χ1n) is 7.24. The summed E-state index contributed by atoms with van der Waals surface area (Å²) in [5.74, 6) is -0.186. The van der Waals surface area contributed by atoms with Crippen LogP contribution < -0.4 is 10.6 Å². The fourth-order valence-electron chi connectivity index (χ4n) is 2.87. The zero-order valence-corrected chi connectivity index (χ0v) is 14.1. The Morgan fingerprint density at radius 3 is 2.36 bits per heavy atom. The fourth-order valence-corrected chi connectivity index (χ4v) is 2.99. The highest BCUT2D eigenvalue weighted by Crippen LogP contribution is 2.23. The largest absolute Gasteiger partial charge is 0.328 e. The van der Waals surface area contributed by atoms with Gasteiger partial charge in [-0.2, -0.15) is 0 Å². The number of hydrogen-bond donors (Lipinski definition) is 2. The molecule has 0 saturated carbocycles. The van der Waals surface area contributed by atoms with E-state index in [9.17, 15) is 9.59 Å². The quantitative estimate of drug-likeness (QED) is 0.834. The summed E-state index contributed by atoms with van der Waals surface area (Å²) in [4.78, 5) is 26.1. The predicted octanol–water partition coefficient (Wildman–Crippen LogP) is 3.25. The van der Waals surface area contributed by atoms with E-state index in [0.717, 1.165) is 0 Å². The van der Waals surface area contributed by atoms with Gasteiger partial charge in [0, 0.05) is 34.8 Å². The Hall–Kier alpha value is -1.59. The average Bonchev–Trinajstić information content (AvgIpc) is 2.44. The van der Waals surface area contributed by atoms with Gasteiger partial charge in [-0.1, -0.05) is 11.6 Å². The minimum atomic E-state index is -0.417. The molecular formula is C16H22ClN3O2. The minimum Gasteiger partial charge on any atom is -0.307 e. The summed E-state index contributed by atoms with van der Waals surface area (Å²) in [7, 11) is 0. The number of nitrogens with zero attached hydrogens (tertiary/aromatic N) is 1. The van der Waals surface area contributed by atoms with E-state index in [-0.39, 0.29) is 23.4 Å². The van der Waals surface area contributed by atoms with Crippen molar-refractivity contribution in [3.63, 3.8) is 0 Å². The predicted molar refractivity (Wildman–Crippen MR) is 88.1 cm³/mol. The Morgan fingerprint density at radius 1 is 1.18 bits per heavy atom. The van der Waals surface area contributed by atoms with E-state index in [2.05, 4.69) is 10.6 Å². The van der Waals surface area contributed by atoms with Crippen LogP contribution in [0.4, 0.5) is 10.5 Å². The van der Waals surface area contributed by atoms with Gasteiger partial charge >= 0.3 is 6.03 Å². The fraction of sp³-hybridized carbons (Fsp3) is 0.500. The molecule has 0 atom stereocenters. The van der Waals surface area contributed by atoms with Crippen molar-refractivity contribution in [2.45, 2.75) is 45.2 Å². The Labute approximate surface area is 136 Å². The molecule has 1 aromatic rings. The summed E-state index contributed by atoms with van der Waals surface area (Å²) in [5, 5.41) is 6.76. The number of urea groups is 1. The molecule has 1 aromatic carbocycles. The lowest BCUT2D eigenvalue weighted by atomic mass is 9.96. The van der Waals surface area contributed by atoms with Crippen LogP contribution in [0.15, 0.2) is 24.3 Å². The highest BCUT2D eigenvalue weighted by atomic mass is 35.5. The van der Waals surface area contributed by atoms with Crippen molar-refractivity contribution in [1.29, 1.82) is 0 Å². The number of halogens is 1. The van der Waals surface area contributed by atoms with Gasteiger partial charge in [0.1, 0.15) is 0 Å². The number of rotatable bonds is 1. The van der Waals surface area contributed by atoms with Crippen molar-refractivity contribution in [1.82, 2.24) is 10.2 Å². The SMILES string of the molecule is CC1(C)CC(=O)N(C(=O)Nc2ccc(Cl)cc2)CC(C)(C)N1. The van der Waals surface area contributed by atoms with Gasteiger partial charge in [-0.25, -0.2) is 4.79 Å². The molecule has 1 aliphatic rings. The first-order valence-corrected chi connectivity index (χ1v) is 7.62. The van der Waals surface area contributed by atoms with Gasteiger partial charge in [-0.05, 0) is 52.0 Å². The van der Waals surface area contributed by atoms with E-state index in [1.54, 1.807) is 24.3 Å². The normalized spacial score (nSPS) is 20.4. The molecule has 1 heterocycles. The third-order valence-electron chi connectivity index (χ3n) is 3.47. The zero-order valence-electron chi connectivity index (χ0n) is 13.4. The van der Waals surface area contributed by atoms with Crippen LogP contribution in [0.3, 0.4) is 0 Å². The van der Waals surface area contributed by atoms with E-state index in [0.29, 0.717) is 17.3 Å². The summed E-state index contributed by atoms with van der Waals surface area (Å²) < 4.78 is 0. The van der Waals surface area contributed by atoms with E-state index in [4.69, 9.17) is 11.6 Å². The van der Waals surface area contributed by atoms with Gasteiger partial charge in [0.25, 0.3) is 0 Å². The van der Waals surface area contributed by atoms with Crippen LogP contribution in [0.1, 0.15) is 34.1 Å². The second-order valence-electron chi connectivity index (χ2n) is 6.99. The number of nitrogens with one attached hydrogen (secondary N) is 2. The van der Waals surface area contributed by atoms with Gasteiger partial charge < -0.3 is 10.6 Å². The van der Waals surface area contributed by atoms with E-state index >= 15 is 0 Å². The van der Waals surface area contributed by atoms with Crippen LogP contribution >= 0.6 is 11.6 Å². The second kappa shape index (κ2) is 5.89.